The summed E-state index contributed by atoms with van der Waals surface area (Å²) in [5.41, 5.74) is 3.25. The highest BCUT2D eigenvalue weighted by Gasteiger charge is 2.18. The molecule has 0 bridgehead atoms. The molecule has 1 rings (SSSR count). The van der Waals surface area contributed by atoms with Gasteiger partial charge in [0.1, 0.15) is 0 Å². The van der Waals surface area contributed by atoms with Crippen molar-refractivity contribution in [1.82, 2.24) is 0 Å². The third kappa shape index (κ3) is 2.94. The summed E-state index contributed by atoms with van der Waals surface area (Å²) < 4.78 is 0. The Hall–Kier alpha value is -0.563. The molecule has 1 aromatic carbocycles. The molecule has 15 heavy (non-hydrogen) atoms. The number of rotatable bonds is 2. The molecular weight excluding hydrogens is 196 g/mol. The van der Waals surface area contributed by atoms with Crippen LogP contribution < -0.4 is 5.19 Å². The minimum Gasteiger partial charge on any atom is -0.0688 e. The van der Waals surface area contributed by atoms with Crippen molar-refractivity contribution in [3.63, 3.8) is 0 Å². The van der Waals surface area contributed by atoms with Crippen LogP contribution in [0.4, 0.5) is 0 Å². The topological polar surface area (TPSA) is 0 Å². The molecule has 0 saturated carbocycles. The quantitative estimate of drug-likeness (QED) is 0.667. The number of hydrogen-bond acceptors (Lipinski definition) is 0. The summed E-state index contributed by atoms with van der Waals surface area (Å²) >= 11 is 0. The molecule has 0 aromatic heterocycles. The Bertz CT molecular complexity index is 332. The van der Waals surface area contributed by atoms with E-state index >= 15 is 0 Å². The lowest BCUT2D eigenvalue weighted by molar-refractivity contribution is 0.592. The van der Waals surface area contributed by atoms with Gasteiger partial charge >= 0.3 is 0 Å². The molecule has 0 spiro atoms. The third-order valence-corrected chi connectivity index (χ3v) is 3.76. The van der Waals surface area contributed by atoms with Crippen molar-refractivity contribution in [3.8, 4) is 0 Å². The van der Waals surface area contributed by atoms with Crippen LogP contribution in [0.3, 0.4) is 0 Å². The molecule has 2 radical (unpaired) electrons. The van der Waals surface area contributed by atoms with E-state index in [1.54, 1.807) is 0 Å². The fourth-order valence-corrected chi connectivity index (χ4v) is 2.73. The average molecular weight is 218 g/mol. The molecule has 1 heteroatoms. The lowest BCUT2D eigenvalue weighted by Crippen LogP contribution is -2.26. The molecule has 0 unspecified atom stereocenters. The monoisotopic (exact) mass is 218 g/mol. The molecule has 0 aliphatic carbocycles. The Balaban J connectivity index is 3.26. The van der Waals surface area contributed by atoms with E-state index in [1.165, 1.54) is 16.3 Å². The Morgan fingerprint density at radius 1 is 1.13 bits per heavy atom. The van der Waals surface area contributed by atoms with Crippen molar-refractivity contribution in [2.45, 2.75) is 52.5 Å². The van der Waals surface area contributed by atoms with Gasteiger partial charge < -0.3 is 0 Å². The zero-order valence-corrected chi connectivity index (χ0v) is 11.8. The maximum Gasteiger partial charge on any atom is 0.0777 e. The molecule has 0 fully saturated rings. The first-order valence-electron chi connectivity index (χ1n) is 5.68. The van der Waals surface area contributed by atoms with Crippen LogP contribution >= 0.6 is 0 Å². The smallest absolute Gasteiger partial charge is 0.0688 e. The van der Waals surface area contributed by atoms with Gasteiger partial charge in [0.15, 0.2) is 0 Å². The van der Waals surface area contributed by atoms with Crippen molar-refractivity contribution >= 4 is 14.7 Å². The Morgan fingerprint density at radius 3 is 2.13 bits per heavy atom. The summed E-state index contributed by atoms with van der Waals surface area (Å²) in [5.74, 6) is 0.625. The van der Waals surface area contributed by atoms with Gasteiger partial charge in [-0.3, -0.25) is 0 Å². The van der Waals surface area contributed by atoms with E-state index in [2.05, 4.69) is 59.4 Å². The fraction of sp³-hybridized carbons (Fsp3) is 0.571. The zero-order chi connectivity index (χ0) is 11.6. The van der Waals surface area contributed by atoms with Crippen molar-refractivity contribution in [1.29, 1.82) is 0 Å². The standard InChI is InChI=1S/C14H22Si/c1-10(2)11-7-8-13(15-6)12(9-11)14(3,4)5/h7-10H,1-6H3. The lowest BCUT2D eigenvalue weighted by Gasteiger charge is -2.24. The summed E-state index contributed by atoms with van der Waals surface area (Å²) in [4.78, 5) is 0. The summed E-state index contributed by atoms with van der Waals surface area (Å²) in [5, 5.41) is 1.52. The summed E-state index contributed by atoms with van der Waals surface area (Å²) in [6, 6.07) is 7.00. The van der Waals surface area contributed by atoms with Crippen LogP contribution in [0.5, 0.6) is 0 Å². The van der Waals surface area contributed by atoms with Crippen molar-refractivity contribution in [2.24, 2.45) is 0 Å². The van der Waals surface area contributed by atoms with Gasteiger partial charge in [-0.2, -0.15) is 0 Å². The number of benzene rings is 1. The van der Waals surface area contributed by atoms with E-state index in [-0.39, 0.29) is 5.41 Å². The summed E-state index contributed by atoms with van der Waals surface area (Å²) in [6.07, 6.45) is 0. The average Bonchev–Trinajstić information content (AvgIpc) is 2.15. The van der Waals surface area contributed by atoms with Gasteiger partial charge in [-0.1, -0.05) is 64.6 Å². The molecule has 0 aliphatic heterocycles. The predicted molar refractivity (Wildman–Crippen MR) is 70.5 cm³/mol. The van der Waals surface area contributed by atoms with E-state index < -0.39 is 0 Å². The SMILES string of the molecule is C[Si]c1ccc(C(C)C)cc1C(C)(C)C. The largest absolute Gasteiger partial charge is 0.0777 e. The Labute approximate surface area is 96.9 Å². The molecule has 1 aromatic rings. The van der Waals surface area contributed by atoms with E-state index in [4.69, 9.17) is 0 Å². The van der Waals surface area contributed by atoms with Crippen molar-refractivity contribution in [3.05, 3.63) is 29.3 Å². The summed E-state index contributed by atoms with van der Waals surface area (Å²) in [7, 11) is 0.892. The molecule has 0 nitrogen and oxygen atoms in total. The van der Waals surface area contributed by atoms with Crippen LogP contribution in [0, 0.1) is 0 Å². The van der Waals surface area contributed by atoms with Gasteiger partial charge in [0, 0.05) is 0 Å². The van der Waals surface area contributed by atoms with Crippen molar-refractivity contribution in [2.75, 3.05) is 0 Å². The minimum atomic E-state index is 0.267. The van der Waals surface area contributed by atoms with E-state index in [0.29, 0.717) is 5.92 Å². The van der Waals surface area contributed by atoms with Gasteiger partial charge in [-0.15, -0.1) is 0 Å². The summed E-state index contributed by atoms with van der Waals surface area (Å²) in [6.45, 7) is 13.7. The predicted octanol–water partition coefficient (Wildman–Crippen LogP) is 3.49. The van der Waals surface area contributed by atoms with Crippen molar-refractivity contribution < 1.29 is 0 Å². The lowest BCUT2D eigenvalue weighted by atomic mass is 9.85. The van der Waals surface area contributed by atoms with Crippen LogP contribution in [-0.4, -0.2) is 9.52 Å². The van der Waals surface area contributed by atoms with Gasteiger partial charge in [0.2, 0.25) is 0 Å². The van der Waals surface area contributed by atoms with Crippen LogP contribution in [-0.2, 0) is 5.41 Å². The molecule has 0 heterocycles. The third-order valence-electron chi connectivity index (χ3n) is 2.79. The van der Waals surface area contributed by atoms with Gasteiger partial charge in [0.25, 0.3) is 0 Å². The first-order chi connectivity index (χ1) is 6.86. The first kappa shape index (κ1) is 12.5. The second kappa shape index (κ2) is 4.52. The maximum atomic E-state index is 2.40. The van der Waals surface area contributed by atoms with Gasteiger partial charge in [0.05, 0.1) is 9.52 Å². The highest BCUT2D eigenvalue weighted by Crippen LogP contribution is 2.24. The highest BCUT2D eigenvalue weighted by molar-refractivity contribution is 6.52. The van der Waals surface area contributed by atoms with E-state index in [9.17, 15) is 0 Å². The van der Waals surface area contributed by atoms with Crippen LogP contribution in [0.1, 0.15) is 51.7 Å². The maximum absolute atomic E-state index is 2.40. The highest BCUT2D eigenvalue weighted by atomic mass is 28.2. The second-order valence-electron chi connectivity index (χ2n) is 5.46. The minimum absolute atomic E-state index is 0.267. The fourth-order valence-electron chi connectivity index (χ4n) is 1.76. The number of hydrogen-bond donors (Lipinski definition) is 0. The van der Waals surface area contributed by atoms with Gasteiger partial charge in [-0.25, -0.2) is 0 Å². The van der Waals surface area contributed by atoms with E-state index in [1.807, 2.05) is 0 Å². The van der Waals surface area contributed by atoms with Crippen LogP contribution in [0.2, 0.25) is 6.55 Å². The molecule has 0 saturated heterocycles. The molecule has 0 aliphatic rings. The Morgan fingerprint density at radius 2 is 1.73 bits per heavy atom. The second-order valence-corrected chi connectivity index (χ2v) is 6.50. The molecule has 82 valence electrons. The first-order valence-corrected chi connectivity index (χ1v) is 7.18. The molecule has 0 amide bonds. The zero-order valence-electron chi connectivity index (χ0n) is 10.8. The van der Waals surface area contributed by atoms with Gasteiger partial charge in [-0.05, 0) is 22.5 Å². The van der Waals surface area contributed by atoms with Crippen LogP contribution in [0.25, 0.3) is 0 Å². The molecule has 0 N–H and O–H groups in total. The molecular formula is C14H22Si. The van der Waals surface area contributed by atoms with Crippen LogP contribution in [0.15, 0.2) is 18.2 Å². The Kier molecular flexibility index (Phi) is 3.77. The van der Waals surface area contributed by atoms with E-state index in [0.717, 1.165) is 9.52 Å². The molecule has 0 atom stereocenters. The normalized spacial score (nSPS) is 12.2.